The molecule has 0 saturated carbocycles. The van der Waals surface area contributed by atoms with Gasteiger partial charge in [-0.1, -0.05) is 36.1 Å². The molecule has 0 spiro atoms. The Labute approximate surface area is 202 Å². The fourth-order valence-electron chi connectivity index (χ4n) is 3.86. The monoisotopic (exact) mass is 484 g/mol. The van der Waals surface area contributed by atoms with Crippen LogP contribution in [-0.4, -0.2) is 59.1 Å². The van der Waals surface area contributed by atoms with Gasteiger partial charge in [-0.2, -0.15) is 10.2 Å². The molecule has 0 N–H and O–H groups in total. The predicted octanol–water partition coefficient (Wildman–Crippen LogP) is 3.61. The van der Waals surface area contributed by atoms with E-state index >= 15 is 0 Å². The summed E-state index contributed by atoms with van der Waals surface area (Å²) in [7, 11) is 1.62. The largest absolute Gasteiger partial charge is 0.497 e. The highest BCUT2D eigenvalue weighted by Crippen LogP contribution is 2.34. The molecule has 1 aromatic heterocycles. The number of amides is 1. The Hall–Kier alpha value is -2.87. The number of hydrogen-bond acceptors (Lipinski definition) is 9. The number of ether oxygens (including phenoxy) is 2. The molecular formula is C23H24N4O4S2. The number of thioether (sulfide) groups is 1. The number of morpholine rings is 1. The van der Waals surface area contributed by atoms with Crippen LogP contribution in [0.5, 0.6) is 5.75 Å². The lowest BCUT2D eigenvalue weighted by molar-refractivity contribution is -0.122. The lowest BCUT2D eigenvalue weighted by Gasteiger charge is -2.34. The molecule has 2 fully saturated rings. The number of nitriles is 1. The van der Waals surface area contributed by atoms with Crippen LogP contribution in [0.15, 0.2) is 33.6 Å². The van der Waals surface area contributed by atoms with Crippen molar-refractivity contribution >= 4 is 46.2 Å². The molecule has 2 aliphatic heterocycles. The van der Waals surface area contributed by atoms with Gasteiger partial charge in [-0.05, 0) is 38.0 Å². The van der Waals surface area contributed by atoms with Gasteiger partial charge in [0.1, 0.15) is 16.1 Å². The van der Waals surface area contributed by atoms with Crippen molar-refractivity contribution in [2.24, 2.45) is 0 Å². The first-order valence-electron chi connectivity index (χ1n) is 10.6. The fourth-order valence-corrected chi connectivity index (χ4v) is 5.13. The molecule has 172 valence electrons. The molecule has 0 radical (unpaired) electrons. The van der Waals surface area contributed by atoms with Gasteiger partial charge in [0.05, 0.1) is 24.2 Å². The van der Waals surface area contributed by atoms with E-state index in [1.807, 2.05) is 43.0 Å². The van der Waals surface area contributed by atoms with E-state index < -0.39 is 0 Å². The molecule has 0 bridgehead atoms. The van der Waals surface area contributed by atoms with Gasteiger partial charge in [0, 0.05) is 25.7 Å². The van der Waals surface area contributed by atoms with Gasteiger partial charge in [-0.25, -0.2) is 0 Å². The van der Waals surface area contributed by atoms with Gasteiger partial charge < -0.3 is 18.8 Å². The van der Waals surface area contributed by atoms with Gasteiger partial charge in [0.25, 0.3) is 5.91 Å². The van der Waals surface area contributed by atoms with Crippen molar-refractivity contribution in [3.8, 4) is 11.8 Å². The van der Waals surface area contributed by atoms with E-state index in [1.165, 1.54) is 11.8 Å². The van der Waals surface area contributed by atoms with Crippen LogP contribution in [0.1, 0.15) is 31.0 Å². The second-order valence-electron chi connectivity index (χ2n) is 7.91. The summed E-state index contributed by atoms with van der Waals surface area (Å²) in [5, 5.41) is 9.54. The van der Waals surface area contributed by atoms with E-state index in [-0.39, 0.29) is 29.7 Å². The van der Waals surface area contributed by atoms with Crippen molar-refractivity contribution in [2.45, 2.75) is 32.5 Å². The molecule has 1 amide bonds. The third-order valence-electron chi connectivity index (χ3n) is 5.35. The van der Waals surface area contributed by atoms with Gasteiger partial charge in [0.2, 0.25) is 17.5 Å². The number of carbonyl (C=O) groups is 1. The summed E-state index contributed by atoms with van der Waals surface area (Å²) in [6.45, 7) is 5.62. The van der Waals surface area contributed by atoms with Crippen molar-refractivity contribution in [3.63, 3.8) is 0 Å². The van der Waals surface area contributed by atoms with E-state index in [4.69, 9.17) is 26.1 Å². The normalized spacial score (nSPS) is 22.2. The lowest BCUT2D eigenvalue weighted by atomic mass is 10.1. The van der Waals surface area contributed by atoms with Gasteiger partial charge in [-0.15, -0.1) is 0 Å². The number of methoxy groups -OCH3 is 1. The average molecular weight is 485 g/mol. The molecule has 10 heteroatoms. The first kappa shape index (κ1) is 23.3. The minimum absolute atomic E-state index is 0.01000. The minimum atomic E-state index is -0.189. The zero-order valence-electron chi connectivity index (χ0n) is 18.6. The Morgan fingerprint density at radius 3 is 2.64 bits per heavy atom. The predicted molar refractivity (Wildman–Crippen MR) is 130 cm³/mol. The van der Waals surface area contributed by atoms with Gasteiger partial charge in [-0.3, -0.25) is 9.69 Å². The highest BCUT2D eigenvalue weighted by atomic mass is 32.2. The topological polar surface area (TPSA) is 91.8 Å². The molecular weight excluding hydrogens is 460 g/mol. The van der Waals surface area contributed by atoms with E-state index in [1.54, 1.807) is 18.1 Å². The number of hydrogen-bond donors (Lipinski definition) is 0. The van der Waals surface area contributed by atoms with E-state index in [2.05, 4.69) is 11.1 Å². The van der Waals surface area contributed by atoms with Gasteiger partial charge >= 0.3 is 0 Å². The number of nitrogens with zero attached hydrogens (tertiary/aromatic N) is 4. The molecule has 33 heavy (non-hydrogen) atoms. The summed E-state index contributed by atoms with van der Waals surface area (Å²) in [5.41, 5.74) is 1.27. The van der Waals surface area contributed by atoms with E-state index in [0.717, 1.165) is 11.3 Å². The van der Waals surface area contributed by atoms with Crippen LogP contribution in [0.2, 0.25) is 0 Å². The highest BCUT2D eigenvalue weighted by molar-refractivity contribution is 8.26. The Bertz CT molecular complexity index is 1110. The van der Waals surface area contributed by atoms with E-state index in [0.29, 0.717) is 41.2 Å². The Balaban J connectivity index is 1.47. The summed E-state index contributed by atoms with van der Waals surface area (Å²) in [5.74, 6) is 1.21. The summed E-state index contributed by atoms with van der Waals surface area (Å²) in [6.07, 6.45) is 2.25. The van der Waals surface area contributed by atoms with Crippen molar-refractivity contribution in [3.05, 3.63) is 46.3 Å². The van der Waals surface area contributed by atoms with Crippen LogP contribution in [-0.2, 0) is 16.0 Å². The summed E-state index contributed by atoms with van der Waals surface area (Å²) >= 11 is 6.64. The van der Waals surface area contributed by atoms with Crippen LogP contribution in [0.4, 0.5) is 5.88 Å². The standard InChI is InChI=1S/C23H24N4O4S2/c1-14-12-26(13-15(2)30-14)22-18(11-24)25-20(31-22)10-19-21(28)27(23(32)33-19)9-8-16-4-6-17(29-3)7-5-16/h4-7,10,14-15H,8-9,12-13H2,1-3H3. The molecule has 3 heterocycles. The summed E-state index contributed by atoms with van der Waals surface area (Å²) in [4.78, 5) is 21.2. The fraction of sp³-hybridized carbons (Fsp3) is 0.391. The number of thiocarbonyl (C=S) groups is 1. The molecule has 1 aromatic carbocycles. The Morgan fingerprint density at radius 1 is 1.30 bits per heavy atom. The van der Waals surface area contributed by atoms with Crippen molar-refractivity contribution in [2.75, 3.05) is 31.6 Å². The van der Waals surface area contributed by atoms with Gasteiger partial charge in [0.15, 0.2) is 0 Å². The molecule has 2 aliphatic rings. The van der Waals surface area contributed by atoms with Crippen LogP contribution in [0.3, 0.4) is 0 Å². The summed E-state index contributed by atoms with van der Waals surface area (Å²) in [6, 6.07) is 9.81. The minimum Gasteiger partial charge on any atom is -0.497 e. The maximum Gasteiger partial charge on any atom is 0.266 e. The highest BCUT2D eigenvalue weighted by Gasteiger charge is 2.33. The Kier molecular flexibility index (Phi) is 7.02. The second-order valence-corrected chi connectivity index (χ2v) is 9.59. The number of anilines is 1. The molecule has 2 aromatic rings. The molecule has 0 aliphatic carbocycles. The Morgan fingerprint density at radius 2 is 2.00 bits per heavy atom. The van der Waals surface area contributed by atoms with Crippen LogP contribution < -0.4 is 9.64 Å². The zero-order chi connectivity index (χ0) is 23.5. The van der Waals surface area contributed by atoms with Crippen molar-refractivity contribution in [1.82, 2.24) is 9.88 Å². The number of aromatic nitrogens is 1. The van der Waals surface area contributed by atoms with Crippen molar-refractivity contribution < 1.29 is 18.7 Å². The molecule has 2 unspecified atom stereocenters. The number of oxazole rings is 1. The quantitative estimate of drug-likeness (QED) is 0.450. The summed E-state index contributed by atoms with van der Waals surface area (Å²) < 4.78 is 17.3. The molecule has 2 saturated heterocycles. The first-order valence-corrected chi connectivity index (χ1v) is 11.8. The van der Waals surface area contributed by atoms with Crippen LogP contribution in [0.25, 0.3) is 6.08 Å². The first-order chi connectivity index (χ1) is 15.9. The SMILES string of the molecule is COc1ccc(CCN2C(=O)C(=Cc3nc(C#N)c(N4CC(C)OC(C)C4)o3)SC2=S)cc1. The number of benzene rings is 1. The zero-order valence-corrected chi connectivity index (χ0v) is 20.2. The maximum absolute atomic E-state index is 13.0. The van der Waals surface area contributed by atoms with Crippen molar-refractivity contribution in [1.29, 1.82) is 5.26 Å². The number of carbonyl (C=O) groups excluding carboxylic acids is 1. The lowest BCUT2D eigenvalue weighted by Crippen LogP contribution is -2.45. The maximum atomic E-state index is 13.0. The van der Waals surface area contributed by atoms with Crippen LogP contribution >= 0.6 is 24.0 Å². The van der Waals surface area contributed by atoms with Crippen LogP contribution in [0, 0.1) is 11.3 Å². The third kappa shape index (κ3) is 5.21. The van der Waals surface area contributed by atoms with E-state index in [9.17, 15) is 10.1 Å². The molecule has 8 nitrogen and oxygen atoms in total. The number of rotatable bonds is 6. The average Bonchev–Trinajstić information content (AvgIpc) is 3.32. The third-order valence-corrected chi connectivity index (χ3v) is 6.73. The smallest absolute Gasteiger partial charge is 0.266 e. The second kappa shape index (κ2) is 9.95. The molecule has 2 atom stereocenters. The molecule has 4 rings (SSSR count).